The van der Waals surface area contributed by atoms with Crippen molar-refractivity contribution in [2.75, 3.05) is 46.1 Å². The molecule has 0 aliphatic rings. The van der Waals surface area contributed by atoms with Crippen LogP contribution in [0.1, 0.15) is 24.2 Å². The summed E-state index contributed by atoms with van der Waals surface area (Å²) in [5.74, 6) is 1.82. The van der Waals surface area contributed by atoms with Crippen LogP contribution in [0, 0.1) is 0 Å². The lowest BCUT2D eigenvalue weighted by atomic mass is 10.1. The molecule has 0 saturated heterocycles. The Morgan fingerprint density at radius 1 is 0.828 bits per heavy atom. The molecule has 0 aliphatic carbocycles. The fourth-order valence-corrected chi connectivity index (χ4v) is 3.45. The number of nitrogens with one attached hydrogen (secondary N) is 1. The molecule has 1 heterocycles. The van der Waals surface area contributed by atoms with Crippen LogP contribution in [0.15, 0.2) is 54.6 Å². The second-order valence-corrected chi connectivity index (χ2v) is 7.92. The highest BCUT2D eigenvalue weighted by atomic mass is 15.1. The van der Waals surface area contributed by atoms with Gasteiger partial charge in [0, 0.05) is 11.9 Å². The molecule has 0 bridgehead atoms. The van der Waals surface area contributed by atoms with Gasteiger partial charge >= 0.3 is 0 Å². The van der Waals surface area contributed by atoms with Crippen LogP contribution in [0.2, 0.25) is 0 Å². The van der Waals surface area contributed by atoms with E-state index in [2.05, 4.69) is 78.7 Å². The molecule has 5 nitrogen and oxygen atoms in total. The van der Waals surface area contributed by atoms with Crippen molar-refractivity contribution in [1.82, 2.24) is 19.8 Å². The third-order valence-corrected chi connectivity index (χ3v) is 4.98. The Bertz CT molecular complexity index is 879. The maximum Gasteiger partial charge on any atom is 0.145 e. The van der Waals surface area contributed by atoms with Gasteiger partial charge in [0.1, 0.15) is 11.6 Å². The summed E-state index contributed by atoms with van der Waals surface area (Å²) in [5.41, 5.74) is 2.40. The van der Waals surface area contributed by atoms with Crippen molar-refractivity contribution in [3.8, 4) is 0 Å². The van der Waals surface area contributed by atoms with Gasteiger partial charge in [0.05, 0.1) is 12.1 Å². The number of aryl methyl sites for hydroxylation is 1. The summed E-state index contributed by atoms with van der Waals surface area (Å²) in [6.07, 6.45) is 3.31. The van der Waals surface area contributed by atoms with E-state index in [1.54, 1.807) is 0 Å². The first-order valence-corrected chi connectivity index (χ1v) is 10.5. The molecule has 0 atom stereocenters. The third-order valence-electron chi connectivity index (χ3n) is 4.98. The summed E-state index contributed by atoms with van der Waals surface area (Å²) in [4.78, 5) is 14.2. The van der Waals surface area contributed by atoms with Crippen LogP contribution in [-0.2, 0) is 13.0 Å². The highest BCUT2D eigenvalue weighted by Crippen LogP contribution is 2.20. The van der Waals surface area contributed by atoms with E-state index in [1.807, 2.05) is 12.1 Å². The maximum absolute atomic E-state index is 4.85. The van der Waals surface area contributed by atoms with Crippen LogP contribution in [0.4, 0.5) is 5.82 Å². The Labute approximate surface area is 174 Å². The highest BCUT2D eigenvalue weighted by molar-refractivity contribution is 5.88. The van der Waals surface area contributed by atoms with Crippen LogP contribution in [-0.4, -0.2) is 60.5 Å². The average molecular weight is 392 g/mol. The number of hydrogen-bond donors (Lipinski definition) is 1. The molecule has 3 rings (SSSR count). The Hall–Kier alpha value is -2.50. The van der Waals surface area contributed by atoms with E-state index in [0.29, 0.717) is 0 Å². The lowest BCUT2D eigenvalue weighted by Gasteiger charge is -2.17. The van der Waals surface area contributed by atoms with Crippen molar-refractivity contribution in [1.29, 1.82) is 0 Å². The van der Waals surface area contributed by atoms with E-state index < -0.39 is 0 Å². The van der Waals surface area contributed by atoms with Gasteiger partial charge in [-0.05, 0) is 71.2 Å². The topological polar surface area (TPSA) is 44.3 Å². The molecule has 0 radical (unpaired) electrons. The Morgan fingerprint density at radius 2 is 1.59 bits per heavy atom. The van der Waals surface area contributed by atoms with Crippen molar-refractivity contribution in [2.24, 2.45) is 0 Å². The number of anilines is 1. The number of hydrogen-bond acceptors (Lipinski definition) is 5. The van der Waals surface area contributed by atoms with Gasteiger partial charge in [0.15, 0.2) is 0 Å². The van der Waals surface area contributed by atoms with Crippen molar-refractivity contribution in [2.45, 2.75) is 25.8 Å². The fraction of sp³-hybridized carbons (Fsp3) is 0.417. The predicted octanol–water partition coefficient (Wildman–Crippen LogP) is 4.06. The molecule has 0 fully saturated rings. The van der Waals surface area contributed by atoms with Gasteiger partial charge in [-0.3, -0.25) is 4.90 Å². The zero-order valence-electron chi connectivity index (χ0n) is 17.9. The first-order valence-electron chi connectivity index (χ1n) is 10.5. The minimum Gasteiger partial charge on any atom is -0.369 e. The van der Waals surface area contributed by atoms with Gasteiger partial charge in [0.2, 0.25) is 0 Å². The molecule has 2 aromatic carbocycles. The van der Waals surface area contributed by atoms with Gasteiger partial charge in [-0.25, -0.2) is 9.97 Å². The molecule has 1 aromatic heterocycles. The zero-order valence-corrected chi connectivity index (χ0v) is 17.9. The van der Waals surface area contributed by atoms with Crippen LogP contribution < -0.4 is 5.32 Å². The summed E-state index contributed by atoms with van der Waals surface area (Å²) < 4.78 is 0. The average Bonchev–Trinajstić information content (AvgIpc) is 2.71. The smallest absolute Gasteiger partial charge is 0.145 e. The second-order valence-electron chi connectivity index (χ2n) is 7.92. The molecular weight excluding hydrogens is 358 g/mol. The van der Waals surface area contributed by atoms with Crippen molar-refractivity contribution < 1.29 is 0 Å². The SMILES string of the molecule is CN(C)CCCNc1nc(CN(C)CCCc2ccccc2)nc2ccccc12. The van der Waals surface area contributed by atoms with Crippen molar-refractivity contribution in [3.63, 3.8) is 0 Å². The first kappa shape index (κ1) is 21.2. The Kier molecular flexibility index (Phi) is 7.96. The van der Waals surface area contributed by atoms with E-state index in [9.17, 15) is 0 Å². The minimum absolute atomic E-state index is 0.756. The predicted molar refractivity (Wildman–Crippen MR) is 122 cm³/mol. The zero-order chi connectivity index (χ0) is 20.5. The number of nitrogens with zero attached hydrogens (tertiary/aromatic N) is 4. The lowest BCUT2D eigenvalue weighted by molar-refractivity contribution is 0.314. The third kappa shape index (κ3) is 6.80. The molecule has 5 heteroatoms. The number of aromatic nitrogens is 2. The molecule has 29 heavy (non-hydrogen) atoms. The molecule has 0 spiro atoms. The molecule has 0 saturated carbocycles. The normalized spacial score (nSPS) is 11.5. The molecular formula is C24H33N5. The minimum atomic E-state index is 0.756. The fourth-order valence-electron chi connectivity index (χ4n) is 3.45. The van der Waals surface area contributed by atoms with Crippen LogP contribution in [0.3, 0.4) is 0 Å². The van der Waals surface area contributed by atoms with E-state index in [-0.39, 0.29) is 0 Å². The van der Waals surface area contributed by atoms with E-state index in [1.165, 1.54) is 5.56 Å². The van der Waals surface area contributed by atoms with Gasteiger partial charge < -0.3 is 10.2 Å². The monoisotopic (exact) mass is 391 g/mol. The molecule has 3 aromatic rings. The van der Waals surface area contributed by atoms with Crippen molar-refractivity contribution >= 4 is 16.7 Å². The van der Waals surface area contributed by atoms with Crippen molar-refractivity contribution in [3.05, 3.63) is 66.0 Å². The Balaban J connectivity index is 1.60. The number of benzene rings is 2. The molecule has 154 valence electrons. The van der Waals surface area contributed by atoms with E-state index in [0.717, 1.165) is 68.0 Å². The van der Waals surface area contributed by atoms with Gasteiger partial charge in [-0.2, -0.15) is 0 Å². The summed E-state index contributed by atoms with van der Waals surface area (Å²) in [6, 6.07) is 18.9. The maximum atomic E-state index is 4.85. The van der Waals surface area contributed by atoms with E-state index >= 15 is 0 Å². The number of para-hydroxylation sites is 1. The second kappa shape index (κ2) is 10.9. The summed E-state index contributed by atoms with van der Waals surface area (Å²) in [7, 11) is 6.35. The molecule has 0 aliphatic heterocycles. The molecule has 1 N–H and O–H groups in total. The quantitative estimate of drug-likeness (QED) is 0.500. The van der Waals surface area contributed by atoms with Gasteiger partial charge in [-0.1, -0.05) is 42.5 Å². The standard InChI is InChI=1S/C24H33N5/c1-28(2)17-10-16-25-24-21-14-7-8-15-22(21)26-23(27-24)19-29(3)18-9-13-20-11-5-4-6-12-20/h4-8,11-12,14-15H,9-10,13,16-19H2,1-3H3,(H,25,26,27). The van der Waals surface area contributed by atoms with Crippen LogP contribution >= 0.6 is 0 Å². The Morgan fingerprint density at radius 3 is 2.38 bits per heavy atom. The van der Waals surface area contributed by atoms with Gasteiger partial charge in [-0.15, -0.1) is 0 Å². The number of rotatable bonds is 11. The van der Waals surface area contributed by atoms with E-state index in [4.69, 9.17) is 9.97 Å². The lowest BCUT2D eigenvalue weighted by Crippen LogP contribution is -2.22. The van der Waals surface area contributed by atoms with Gasteiger partial charge in [0.25, 0.3) is 0 Å². The molecule has 0 amide bonds. The first-order chi connectivity index (χ1) is 14.1. The summed E-state index contributed by atoms with van der Waals surface area (Å²) in [5, 5.41) is 4.62. The summed E-state index contributed by atoms with van der Waals surface area (Å²) in [6.45, 7) is 3.75. The van der Waals surface area contributed by atoms with Crippen LogP contribution in [0.5, 0.6) is 0 Å². The summed E-state index contributed by atoms with van der Waals surface area (Å²) >= 11 is 0. The van der Waals surface area contributed by atoms with Crippen LogP contribution in [0.25, 0.3) is 10.9 Å². The highest BCUT2D eigenvalue weighted by Gasteiger charge is 2.09. The number of fused-ring (bicyclic) bond motifs is 1. The largest absolute Gasteiger partial charge is 0.369 e. The molecule has 0 unspecified atom stereocenters.